The van der Waals surface area contributed by atoms with Crippen LogP contribution in [0.2, 0.25) is 10.0 Å². The largest absolute Gasteiger partial charge is 0.486 e. The van der Waals surface area contributed by atoms with Crippen LogP contribution in [0.15, 0.2) is 36.4 Å². The van der Waals surface area contributed by atoms with Crippen molar-refractivity contribution in [2.24, 2.45) is 0 Å². The zero-order valence-electron chi connectivity index (χ0n) is 11.4. The van der Waals surface area contributed by atoms with Crippen LogP contribution in [0.5, 0.6) is 5.75 Å². The Kier molecular flexibility index (Phi) is 5.10. The molecule has 2 rings (SSSR count). The Bertz CT molecular complexity index is 651. The Hall–Kier alpha value is -1.71. The van der Waals surface area contributed by atoms with Gasteiger partial charge in [-0.1, -0.05) is 54.4 Å². The second-order valence-electron chi connectivity index (χ2n) is 4.53. The van der Waals surface area contributed by atoms with Crippen LogP contribution < -0.4 is 4.74 Å². The van der Waals surface area contributed by atoms with Crippen molar-refractivity contribution in [2.45, 2.75) is 20.0 Å². The number of hydrogen-bond donors (Lipinski definition) is 1. The van der Waals surface area contributed by atoms with Crippen molar-refractivity contribution in [1.29, 1.82) is 0 Å². The van der Waals surface area contributed by atoms with E-state index in [1.165, 1.54) is 17.7 Å². The molecule has 5 heteroatoms. The number of aromatic carboxylic acids is 1. The molecule has 0 heterocycles. The van der Waals surface area contributed by atoms with Crippen molar-refractivity contribution < 1.29 is 14.6 Å². The predicted molar refractivity (Wildman–Crippen MR) is 83.6 cm³/mol. The molecule has 1 N–H and O–H groups in total. The fourth-order valence-corrected chi connectivity index (χ4v) is 2.44. The molecule has 0 spiro atoms. The third-order valence-corrected chi connectivity index (χ3v) is 3.55. The number of rotatable bonds is 5. The van der Waals surface area contributed by atoms with Gasteiger partial charge >= 0.3 is 5.97 Å². The van der Waals surface area contributed by atoms with Gasteiger partial charge in [-0.2, -0.15) is 0 Å². The SMILES string of the molecule is CCc1ccc(COc2c(Cl)cc(Cl)cc2C(=O)O)cc1. The van der Waals surface area contributed by atoms with Crippen molar-refractivity contribution in [1.82, 2.24) is 0 Å². The summed E-state index contributed by atoms with van der Waals surface area (Å²) < 4.78 is 5.57. The molecule has 2 aromatic carbocycles. The number of aryl methyl sites for hydroxylation is 1. The zero-order chi connectivity index (χ0) is 15.4. The topological polar surface area (TPSA) is 46.5 Å². The molecule has 0 saturated heterocycles. The standard InChI is InChI=1S/C16H14Cl2O3/c1-2-10-3-5-11(6-4-10)9-21-15-13(16(19)20)7-12(17)8-14(15)18/h3-8H,2,9H2,1H3,(H,19,20). The zero-order valence-corrected chi connectivity index (χ0v) is 12.9. The van der Waals surface area contributed by atoms with E-state index in [0.29, 0.717) is 0 Å². The molecule has 21 heavy (non-hydrogen) atoms. The summed E-state index contributed by atoms with van der Waals surface area (Å²) in [5.41, 5.74) is 2.13. The van der Waals surface area contributed by atoms with Gasteiger partial charge in [-0.15, -0.1) is 0 Å². The van der Waals surface area contributed by atoms with E-state index < -0.39 is 5.97 Å². The molecule has 0 unspecified atom stereocenters. The molecule has 0 aliphatic carbocycles. The van der Waals surface area contributed by atoms with E-state index in [-0.39, 0.29) is 28.0 Å². The molecule has 0 aliphatic heterocycles. The van der Waals surface area contributed by atoms with Crippen molar-refractivity contribution in [3.63, 3.8) is 0 Å². The lowest BCUT2D eigenvalue weighted by Gasteiger charge is -2.12. The smallest absolute Gasteiger partial charge is 0.339 e. The molecule has 0 saturated carbocycles. The number of ether oxygens (including phenoxy) is 1. The van der Waals surface area contributed by atoms with Gasteiger partial charge < -0.3 is 9.84 Å². The average molecular weight is 325 g/mol. The number of carbonyl (C=O) groups is 1. The van der Waals surface area contributed by atoms with E-state index in [4.69, 9.17) is 27.9 Å². The van der Waals surface area contributed by atoms with Crippen LogP contribution in [0, 0.1) is 0 Å². The van der Waals surface area contributed by atoms with Gasteiger partial charge in [0.15, 0.2) is 5.75 Å². The molecule has 0 radical (unpaired) electrons. The van der Waals surface area contributed by atoms with E-state index in [1.54, 1.807) is 0 Å². The van der Waals surface area contributed by atoms with Gasteiger partial charge in [0.1, 0.15) is 12.2 Å². The lowest BCUT2D eigenvalue weighted by Crippen LogP contribution is -2.04. The summed E-state index contributed by atoms with van der Waals surface area (Å²) >= 11 is 11.8. The third-order valence-electron chi connectivity index (χ3n) is 3.05. The predicted octanol–water partition coefficient (Wildman–Crippen LogP) is 4.83. The van der Waals surface area contributed by atoms with Gasteiger partial charge in [0.2, 0.25) is 0 Å². The highest BCUT2D eigenvalue weighted by Gasteiger charge is 2.16. The van der Waals surface area contributed by atoms with Gasteiger partial charge in [-0.3, -0.25) is 0 Å². The number of hydrogen-bond acceptors (Lipinski definition) is 2. The monoisotopic (exact) mass is 324 g/mol. The van der Waals surface area contributed by atoms with Gasteiger partial charge in [-0.05, 0) is 29.7 Å². The molecule has 0 fully saturated rings. The lowest BCUT2D eigenvalue weighted by molar-refractivity contribution is 0.0691. The summed E-state index contributed by atoms with van der Waals surface area (Å²) in [6.45, 7) is 2.32. The number of carboxylic acid groups (broad SMARTS) is 1. The highest BCUT2D eigenvalue weighted by Crippen LogP contribution is 2.33. The van der Waals surface area contributed by atoms with Crippen LogP contribution in [0.4, 0.5) is 0 Å². The van der Waals surface area contributed by atoms with Crippen molar-refractivity contribution in [2.75, 3.05) is 0 Å². The van der Waals surface area contributed by atoms with E-state index in [0.717, 1.165) is 12.0 Å². The fourth-order valence-electron chi connectivity index (χ4n) is 1.89. The van der Waals surface area contributed by atoms with Gasteiger partial charge in [-0.25, -0.2) is 4.79 Å². The molecule has 0 bridgehead atoms. The van der Waals surface area contributed by atoms with E-state index in [1.807, 2.05) is 24.3 Å². The Morgan fingerprint density at radius 3 is 2.33 bits per heavy atom. The Morgan fingerprint density at radius 2 is 1.76 bits per heavy atom. The molecule has 0 atom stereocenters. The van der Waals surface area contributed by atoms with E-state index >= 15 is 0 Å². The van der Waals surface area contributed by atoms with Crippen LogP contribution in [0.25, 0.3) is 0 Å². The first-order chi connectivity index (χ1) is 10.0. The third kappa shape index (κ3) is 3.90. The number of carboxylic acids is 1. The Morgan fingerprint density at radius 1 is 1.14 bits per heavy atom. The summed E-state index contributed by atoms with van der Waals surface area (Å²) in [5.74, 6) is -0.996. The molecule has 0 amide bonds. The lowest BCUT2D eigenvalue weighted by atomic mass is 10.1. The molecule has 3 nitrogen and oxygen atoms in total. The second-order valence-corrected chi connectivity index (χ2v) is 5.37. The summed E-state index contributed by atoms with van der Waals surface area (Å²) in [6.07, 6.45) is 0.966. The second kappa shape index (κ2) is 6.83. The summed E-state index contributed by atoms with van der Waals surface area (Å²) in [4.78, 5) is 11.2. The van der Waals surface area contributed by atoms with Crippen LogP contribution in [-0.2, 0) is 13.0 Å². The summed E-state index contributed by atoms with van der Waals surface area (Å²) in [6, 6.07) is 10.7. The first-order valence-corrected chi connectivity index (χ1v) is 7.19. The molecule has 0 aliphatic rings. The van der Waals surface area contributed by atoms with Crippen LogP contribution in [-0.4, -0.2) is 11.1 Å². The van der Waals surface area contributed by atoms with Crippen LogP contribution in [0.3, 0.4) is 0 Å². The summed E-state index contributed by atoms with van der Waals surface area (Å²) in [5, 5.41) is 9.63. The quantitative estimate of drug-likeness (QED) is 0.856. The molecule has 0 aromatic heterocycles. The van der Waals surface area contributed by atoms with Crippen LogP contribution >= 0.6 is 23.2 Å². The van der Waals surface area contributed by atoms with Crippen molar-refractivity contribution in [3.05, 3.63) is 63.1 Å². The van der Waals surface area contributed by atoms with Gasteiger partial charge in [0.25, 0.3) is 0 Å². The Balaban J connectivity index is 2.20. The molecule has 110 valence electrons. The maximum atomic E-state index is 11.2. The minimum atomic E-state index is -1.13. The van der Waals surface area contributed by atoms with Gasteiger partial charge in [0, 0.05) is 5.02 Å². The maximum Gasteiger partial charge on any atom is 0.339 e. The maximum absolute atomic E-state index is 11.2. The Labute approximate surface area is 133 Å². The minimum Gasteiger partial charge on any atom is -0.486 e. The van der Waals surface area contributed by atoms with Crippen LogP contribution in [0.1, 0.15) is 28.4 Å². The van der Waals surface area contributed by atoms with Gasteiger partial charge in [0.05, 0.1) is 5.02 Å². The minimum absolute atomic E-state index is 0.0438. The first kappa shape index (κ1) is 15.7. The highest BCUT2D eigenvalue weighted by atomic mass is 35.5. The molecular weight excluding hydrogens is 311 g/mol. The highest BCUT2D eigenvalue weighted by molar-refractivity contribution is 6.36. The van der Waals surface area contributed by atoms with Crippen molar-refractivity contribution >= 4 is 29.2 Å². The fraction of sp³-hybridized carbons (Fsp3) is 0.188. The molecule has 2 aromatic rings. The molecular formula is C16H14Cl2O3. The number of benzene rings is 2. The summed E-state index contributed by atoms with van der Waals surface area (Å²) in [7, 11) is 0. The first-order valence-electron chi connectivity index (χ1n) is 6.44. The normalized spacial score (nSPS) is 10.4. The van der Waals surface area contributed by atoms with E-state index in [9.17, 15) is 9.90 Å². The number of halogens is 2. The average Bonchev–Trinajstić information content (AvgIpc) is 2.46. The van der Waals surface area contributed by atoms with Crippen molar-refractivity contribution in [3.8, 4) is 5.75 Å². The van der Waals surface area contributed by atoms with E-state index in [2.05, 4.69) is 6.92 Å².